The van der Waals surface area contributed by atoms with Gasteiger partial charge in [-0.15, -0.1) is 0 Å². The van der Waals surface area contributed by atoms with Crippen LogP contribution in [-0.4, -0.2) is 41.3 Å². The molecule has 1 saturated carbocycles. The third-order valence-corrected chi connectivity index (χ3v) is 4.32. The fourth-order valence-corrected chi connectivity index (χ4v) is 3.01. The van der Waals surface area contributed by atoms with Crippen molar-refractivity contribution in [3.05, 3.63) is 0 Å². The Morgan fingerprint density at radius 3 is 2.00 bits per heavy atom. The molecule has 0 spiro atoms. The summed E-state index contributed by atoms with van der Waals surface area (Å²) in [6, 6.07) is 0. The normalized spacial score (nSPS) is 30.4. The van der Waals surface area contributed by atoms with Gasteiger partial charge in [0.25, 0.3) is 0 Å². The van der Waals surface area contributed by atoms with Crippen molar-refractivity contribution in [2.24, 2.45) is 11.8 Å². The minimum atomic E-state index is -4.12. The van der Waals surface area contributed by atoms with E-state index in [9.17, 15) is 23.1 Å². The molecule has 2 fully saturated rings. The minimum absolute atomic E-state index is 0.0208. The number of alkyl halides is 3. The molecule has 1 saturated heterocycles. The molecule has 6 heteroatoms. The molecular formula is C13H20F3NO2. The van der Waals surface area contributed by atoms with Gasteiger partial charge in [0.1, 0.15) is 0 Å². The van der Waals surface area contributed by atoms with Crippen LogP contribution in [0.2, 0.25) is 0 Å². The highest BCUT2D eigenvalue weighted by Gasteiger charge is 2.43. The van der Waals surface area contributed by atoms with Crippen LogP contribution < -0.4 is 0 Å². The van der Waals surface area contributed by atoms with E-state index >= 15 is 0 Å². The molecule has 19 heavy (non-hydrogen) atoms. The van der Waals surface area contributed by atoms with Crippen molar-refractivity contribution in [3.63, 3.8) is 0 Å². The van der Waals surface area contributed by atoms with Gasteiger partial charge in [0.2, 0.25) is 5.91 Å². The van der Waals surface area contributed by atoms with Gasteiger partial charge in [-0.3, -0.25) is 4.79 Å². The molecule has 0 aromatic heterocycles. The lowest BCUT2D eigenvalue weighted by Crippen LogP contribution is -2.44. The van der Waals surface area contributed by atoms with Gasteiger partial charge in [-0.05, 0) is 38.5 Å². The maximum absolute atomic E-state index is 12.5. The summed E-state index contributed by atoms with van der Waals surface area (Å²) in [4.78, 5) is 13.9. The number of nitrogens with zero attached hydrogens (tertiary/aromatic N) is 1. The fraction of sp³-hybridized carbons (Fsp3) is 0.923. The Morgan fingerprint density at radius 2 is 1.53 bits per heavy atom. The van der Waals surface area contributed by atoms with Gasteiger partial charge < -0.3 is 10.0 Å². The topological polar surface area (TPSA) is 40.5 Å². The van der Waals surface area contributed by atoms with Crippen LogP contribution in [-0.2, 0) is 4.79 Å². The van der Waals surface area contributed by atoms with Gasteiger partial charge in [-0.25, -0.2) is 0 Å². The summed E-state index contributed by atoms with van der Waals surface area (Å²) in [6.45, 7) is 1.05. The van der Waals surface area contributed by atoms with Crippen molar-refractivity contribution in [3.8, 4) is 0 Å². The highest BCUT2D eigenvalue weighted by molar-refractivity contribution is 5.79. The van der Waals surface area contributed by atoms with E-state index in [0.717, 1.165) is 0 Å². The third kappa shape index (κ3) is 3.61. The van der Waals surface area contributed by atoms with Crippen LogP contribution in [0.5, 0.6) is 0 Å². The molecule has 2 aliphatic rings. The van der Waals surface area contributed by atoms with Crippen molar-refractivity contribution < 1.29 is 23.1 Å². The smallest absolute Gasteiger partial charge is 0.391 e. The first-order chi connectivity index (χ1) is 8.88. The van der Waals surface area contributed by atoms with Crippen molar-refractivity contribution in [1.82, 2.24) is 4.90 Å². The van der Waals surface area contributed by atoms with Crippen molar-refractivity contribution in [2.45, 2.75) is 50.8 Å². The van der Waals surface area contributed by atoms with E-state index in [2.05, 4.69) is 0 Å². The van der Waals surface area contributed by atoms with E-state index in [1.54, 1.807) is 4.90 Å². The molecule has 0 aromatic carbocycles. The Morgan fingerprint density at radius 1 is 1.00 bits per heavy atom. The largest absolute Gasteiger partial charge is 0.393 e. The second kappa shape index (κ2) is 5.69. The Balaban J connectivity index is 1.82. The number of likely N-dealkylation sites (tertiary alicyclic amines) is 1. The summed E-state index contributed by atoms with van der Waals surface area (Å²) in [5, 5.41) is 9.38. The van der Waals surface area contributed by atoms with E-state index < -0.39 is 12.1 Å². The molecule has 0 aromatic rings. The van der Waals surface area contributed by atoms with Crippen LogP contribution in [0.3, 0.4) is 0 Å². The lowest BCUT2D eigenvalue weighted by molar-refractivity contribution is -0.185. The molecule has 0 unspecified atom stereocenters. The van der Waals surface area contributed by atoms with Crippen LogP contribution in [0, 0.1) is 11.8 Å². The molecule has 0 atom stereocenters. The molecule has 1 heterocycles. The zero-order chi connectivity index (χ0) is 14.0. The Labute approximate surface area is 110 Å². The number of hydrogen-bond acceptors (Lipinski definition) is 2. The van der Waals surface area contributed by atoms with Crippen molar-refractivity contribution in [1.29, 1.82) is 0 Å². The standard InChI is InChI=1S/C13H20F3NO2/c14-13(15,16)10-3-1-9(2-4-10)12(19)17-7-5-11(18)6-8-17/h9-11,18H,1-8H2. The number of carbonyl (C=O) groups excluding carboxylic acids is 1. The van der Waals surface area contributed by atoms with Gasteiger partial charge in [-0.1, -0.05) is 0 Å². The van der Waals surface area contributed by atoms with Crippen LogP contribution in [0.4, 0.5) is 13.2 Å². The Hall–Kier alpha value is -0.780. The number of amides is 1. The maximum Gasteiger partial charge on any atom is 0.391 e. The summed E-state index contributed by atoms with van der Waals surface area (Å²) in [5.74, 6) is -1.51. The molecule has 1 aliphatic carbocycles. The number of rotatable bonds is 1. The molecule has 0 radical (unpaired) electrons. The van der Waals surface area contributed by atoms with Crippen molar-refractivity contribution >= 4 is 5.91 Å². The average molecular weight is 279 g/mol. The number of halogens is 3. The monoisotopic (exact) mass is 279 g/mol. The van der Waals surface area contributed by atoms with E-state index in [4.69, 9.17) is 0 Å². The van der Waals surface area contributed by atoms with E-state index in [1.165, 1.54) is 0 Å². The van der Waals surface area contributed by atoms with E-state index in [0.29, 0.717) is 38.8 Å². The summed E-state index contributed by atoms with van der Waals surface area (Å²) in [6.07, 6.45) is -2.52. The summed E-state index contributed by atoms with van der Waals surface area (Å²) >= 11 is 0. The maximum atomic E-state index is 12.5. The molecule has 0 bridgehead atoms. The first-order valence-corrected chi connectivity index (χ1v) is 6.91. The molecular weight excluding hydrogens is 259 g/mol. The van der Waals surface area contributed by atoms with Crippen LogP contribution in [0.1, 0.15) is 38.5 Å². The molecule has 1 amide bonds. The molecule has 3 nitrogen and oxygen atoms in total. The molecule has 1 aliphatic heterocycles. The molecule has 2 rings (SSSR count). The lowest BCUT2D eigenvalue weighted by Gasteiger charge is -2.35. The van der Waals surface area contributed by atoms with Gasteiger partial charge in [0, 0.05) is 19.0 Å². The van der Waals surface area contributed by atoms with Crippen LogP contribution in [0.25, 0.3) is 0 Å². The number of piperidine rings is 1. The predicted molar refractivity (Wildman–Crippen MR) is 63.3 cm³/mol. The van der Waals surface area contributed by atoms with Gasteiger partial charge in [-0.2, -0.15) is 13.2 Å². The average Bonchev–Trinajstić information content (AvgIpc) is 2.38. The third-order valence-electron chi connectivity index (χ3n) is 4.32. The SMILES string of the molecule is O=C(C1CCC(C(F)(F)F)CC1)N1CCC(O)CC1. The first-order valence-electron chi connectivity index (χ1n) is 6.91. The number of aliphatic hydroxyl groups is 1. The van der Waals surface area contributed by atoms with E-state index in [1.807, 2.05) is 0 Å². The number of aliphatic hydroxyl groups excluding tert-OH is 1. The Kier molecular flexibility index (Phi) is 4.38. The first kappa shape index (κ1) is 14.6. The van der Waals surface area contributed by atoms with Gasteiger partial charge >= 0.3 is 6.18 Å². The van der Waals surface area contributed by atoms with Gasteiger partial charge in [0.15, 0.2) is 0 Å². The summed E-state index contributed by atoms with van der Waals surface area (Å²) < 4.78 is 37.6. The lowest BCUT2D eigenvalue weighted by atomic mass is 9.81. The second-order valence-corrected chi connectivity index (χ2v) is 5.65. The number of hydrogen-bond donors (Lipinski definition) is 1. The highest BCUT2D eigenvalue weighted by atomic mass is 19.4. The zero-order valence-corrected chi connectivity index (χ0v) is 10.8. The quantitative estimate of drug-likeness (QED) is 0.800. The Bertz CT molecular complexity index is 316. The van der Waals surface area contributed by atoms with E-state index in [-0.39, 0.29) is 30.8 Å². The predicted octanol–water partition coefficient (Wildman–Crippen LogP) is 2.34. The second-order valence-electron chi connectivity index (χ2n) is 5.65. The van der Waals surface area contributed by atoms with Crippen molar-refractivity contribution in [2.75, 3.05) is 13.1 Å². The minimum Gasteiger partial charge on any atom is -0.393 e. The van der Waals surface area contributed by atoms with Crippen LogP contribution >= 0.6 is 0 Å². The fourth-order valence-electron chi connectivity index (χ4n) is 3.01. The summed E-state index contributed by atoms with van der Waals surface area (Å²) in [7, 11) is 0. The zero-order valence-electron chi connectivity index (χ0n) is 10.8. The van der Waals surface area contributed by atoms with Crippen LogP contribution in [0.15, 0.2) is 0 Å². The highest BCUT2D eigenvalue weighted by Crippen LogP contribution is 2.40. The summed E-state index contributed by atoms with van der Waals surface area (Å²) in [5.41, 5.74) is 0. The molecule has 1 N–H and O–H groups in total. The van der Waals surface area contributed by atoms with Gasteiger partial charge in [0.05, 0.1) is 12.0 Å². The molecule has 110 valence electrons. The number of carbonyl (C=O) groups is 1.